The van der Waals surface area contributed by atoms with Crippen molar-refractivity contribution in [1.82, 2.24) is 9.88 Å². The van der Waals surface area contributed by atoms with Gasteiger partial charge in [-0.2, -0.15) is 0 Å². The molecule has 0 bridgehead atoms. The molecule has 2 fully saturated rings. The average molecular weight is 287 g/mol. The molecule has 0 aromatic carbocycles. The van der Waals surface area contributed by atoms with E-state index < -0.39 is 0 Å². The van der Waals surface area contributed by atoms with E-state index in [1.165, 1.54) is 19.3 Å². The van der Waals surface area contributed by atoms with Crippen LogP contribution in [0.2, 0.25) is 0 Å². The van der Waals surface area contributed by atoms with Crippen LogP contribution in [0.1, 0.15) is 49.5 Å². The summed E-state index contributed by atoms with van der Waals surface area (Å²) < 4.78 is 0. The maximum absolute atomic E-state index is 12.4. The van der Waals surface area contributed by atoms with Crippen LogP contribution in [0.3, 0.4) is 0 Å². The van der Waals surface area contributed by atoms with Crippen LogP contribution in [-0.4, -0.2) is 42.0 Å². The minimum atomic E-state index is 0.0910. The SMILES string of the molecule is CC1CCCN(c2ccc(C(=O)N3CCCCC3)nc2)C1. The number of aromatic nitrogens is 1. The third kappa shape index (κ3) is 3.36. The Morgan fingerprint density at radius 1 is 1.14 bits per heavy atom. The monoisotopic (exact) mass is 287 g/mol. The number of rotatable bonds is 2. The molecule has 0 spiro atoms. The lowest BCUT2D eigenvalue weighted by Gasteiger charge is -2.32. The summed E-state index contributed by atoms with van der Waals surface area (Å²) >= 11 is 0. The van der Waals surface area contributed by atoms with Crippen molar-refractivity contribution >= 4 is 11.6 Å². The van der Waals surface area contributed by atoms with Gasteiger partial charge in [-0.1, -0.05) is 6.92 Å². The van der Waals surface area contributed by atoms with Crippen molar-refractivity contribution < 1.29 is 4.79 Å². The molecule has 2 saturated heterocycles. The summed E-state index contributed by atoms with van der Waals surface area (Å²) in [7, 11) is 0. The highest BCUT2D eigenvalue weighted by molar-refractivity contribution is 5.92. The average Bonchev–Trinajstić information content (AvgIpc) is 2.55. The Hall–Kier alpha value is -1.58. The molecule has 3 heterocycles. The Morgan fingerprint density at radius 3 is 2.62 bits per heavy atom. The molecule has 4 nitrogen and oxygen atoms in total. The first-order valence-electron chi connectivity index (χ1n) is 8.24. The number of carbonyl (C=O) groups is 1. The maximum atomic E-state index is 12.4. The van der Waals surface area contributed by atoms with E-state index in [0.29, 0.717) is 5.69 Å². The van der Waals surface area contributed by atoms with Gasteiger partial charge in [-0.3, -0.25) is 4.79 Å². The highest BCUT2D eigenvalue weighted by Crippen LogP contribution is 2.22. The summed E-state index contributed by atoms with van der Waals surface area (Å²) in [4.78, 5) is 21.1. The molecule has 1 amide bonds. The number of likely N-dealkylation sites (tertiary alicyclic amines) is 1. The zero-order valence-electron chi connectivity index (χ0n) is 12.9. The van der Waals surface area contributed by atoms with Crippen LogP contribution in [-0.2, 0) is 0 Å². The predicted octanol–water partition coefficient (Wildman–Crippen LogP) is 2.94. The third-order valence-corrected chi connectivity index (χ3v) is 4.63. The van der Waals surface area contributed by atoms with Gasteiger partial charge in [-0.05, 0) is 50.2 Å². The fourth-order valence-corrected chi connectivity index (χ4v) is 3.38. The lowest BCUT2D eigenvalue weighted by molar-refractivity contribution is 0.0718. The standard InChI is InChI=1S/C17H25N3O/c1-14-6-5-11-20(13-14)15-7-8-16(18-12-15)17(21)19-9-3-2-4-10-19/h7-8,12,14H,2-6,9-11,13H2,1H3. The second-order valence-corrected chi connectivity index (χ2v) is 6.45. The first kappa shape index (κ1) is 14.4. The summed E-state index contributed by atoms with van der Waals surface area (Å²) in [5.41, 5.74) is 1.74. The van der Waals surface area contributed by atoms with E-state index in [-0.39, 0.29) is 5.91 Å². The number of carbonyl (C=O) groups excluding carboxylic acids is 1. The molecule has 114 valence electrons. The number of hydrogen-bond donors (Lipinski definition) is 0. The van der Waals surface area contributed by atoms with Crippen LogP contribution in [0.5, 0.6) is 0 Å². The van der Waals surface area contributed by atoms with E-state index in [0.717, 1.165) is 50.6 Å². The summed E-state index contributed by atoms with van der Waals surface area (Å²) in [5, 5.41) is 0. The summed E-state index contributed by atoms with van der Waals surface area (Å²) in [5.74, 6) is 0.835. The number of amides is 1. The van der Waals surface area contributed by atoms with E-state index >= 15 is 0 Å². The highest BCUT2D eigenvalue weighted by atomic mass is 16.2. The number of pyridine rings is 1. The topological polar surface area (TPSA) is 36.4 Å². The summed E-state index contributed by atoms with van der Waals surface area (Å²) in [6.07, 6.45) is 7.91. The molecule has 0 aliphatic carbocycles. The Balaban J connectivity index is 1.67. The molecule has 2 aliphatic heterocycles. The Labute approximate surface area is 127 Å². The van der Waals surface area contributed by atoms with Crippen LogP contribution >= 0.6 is 0 Å². The van der Waals surface area contributed by atoms with E-state index in [1.807, 2.05) is 17.2 Å². The van der Waals surface area contributed by atoms with Crippen molar-refractivity contribution in [2.75, 3.05) is 31.1 Å². The number of anilines is 1. The Kier molecular flexibility index (Phi) is 4.42. The quantitative estimate of drug-likeness (QED) is 0.839. The zero-order chi connectivity index (χ0) is 14.7. The van der Waals surface area contributed by atoms with Crippen LogP contribution in [0.15, 0.2) is 18.3 Å². The third-order valence-electron chi connectivity index (χ3n) is 4.63. The van der Waals surface area contributed by atoms with Gasteiger partial charge in [0, 0.05) is 26.2 Å². The van der Waals surface area contributed by atoms with E-state index in [9.17, 15) is 4.79 Å². The lowest BCUT2D eigenvalue weighted by atomic mass is 10.00. The molecule has 4 heteroatoms. The smallest absolute Gasteiger partial charge is 0.272 e. The van der Waals surface area contributed by atoms with Gasteiger partial charge in [0.2, 0.25) is 0 Å². The number of hydrogen-bond acceptors (Lipinski definition) is 3. The van der Waals surface area contributed by atoms with Gasteiger partial charge in [0.1, 0.15) is 5.69 Å². The van der Waals surface area contributed by atoms with Gasteiger partial charge in [0.25, 0.3) is 5.91 Å². The second-order valence-electron chi connectivity index (χ2n) is 6.45. The molecule has 0 N–H and O–H groups in total. The van der Waals surface area contributed by atoms with Crippen molar-refractivity contribution in [3.8, 4) is 0 Å². The molecule has 1 unspecified atom stereocenters. The van der Waals surface area contributed by atoms with Crippen LogP contribution < -0.4 is 4.90 Å². The first-order valence-corrected chi connectivity index (χ1v) is 8.24. The molecule has 0 saturated carbocycles. The predicted molar refractivity (Wildman–Crippen MR) is 84.6 cm³/mol. The fraction of sp³-hybridized carbons (Fsp3) is 0.647. The molecule has 3 rings (SSSR count). The second kappa shape index (κ2) is 6.46. The van der Waals surface area contributed by atoms with Gasteiger partial charge in [0.15, 0.2) is 0 Å². The summed E-state index contributed by atoms with van der Waals surface area (Å²) in [6.45, 7) is 6.26. The largest absolute Gasteiger partial charge is 0.370 e. The maximum Gasteiger partial charge on any atom is 0.272 e. The molecule has 1 aromatic rings. The van der Waals surface area contributed by atoms with Crippen molar-refractivity contribution in [3.05, 3.63) is 24.0 Å². The zero-order valence-corrected chi connectivity index (χ0v) is 12.9. The first-order chi connectivity index (χ1) is 10.2. The van der Waals surface area contributed by atoms with Crippen molar-refractivity contribution in [1.29, 1.82) is 0 Å². The minimum Gasteiger partial charge on any atom is -0.370 e. The van der Waals surface area contributed by atoms with Crippen molar-refractivity contribution in [2.24, 2.45) is 5.92 Å². The summed E-state index contributed by atoms with van der Waals surface area (Å²) in [6, 6.07) is 3.95. The molecule has 1 atom stereocenters. The normalized spacial score (nSPS) is 23.2. The van der Waals surface area contributed by atoms with Gasteiger partial charge in [-0.15, -0.1) is 0 Å². The number of piperidine rings is 2. The molecule has 2 aliphatic rings. The molecule has 0 radical (unpaired) electrons. The molecule has 21 heavy (non-hydrogen) atoms. The van der Waals surface area contributed by atoms with Crippen LogP contribution in [0.25, 0.3) is 0 Å². The highest BCUT2D eigenvalue weighted by Gasteiger charge is 2.20. The van der Waals surface area contributed by atoms with Crippen LogP contribution in [0.4, 0.5) is 5.69 Å². The molecular formula is C17H25N3O. The molecule has 1 aromatic heterocycles. The van der Waals surface area contributed by atoms with E-state index in [1.54, 1.807) is 0 Å². The van der Waals surface area contributed by atoms with Gasteiger partial charge in [-0.25, -0.2) is 4.98 Å². The minimum absolute atomic E-state index is 0.0910. The lowest BCUT2D eigenvalue weighted by Crippen LogP contribution is -2.36. The van der Waals surface area contributed by atoms with Crippen LogP contribution in [0, 0.1) is 5.92 Å². The number of nitrogens with zero attached hydrogens (tertiary/aromatic N) is 3. The molecular weight excluding hydrogens is 262 g/mol. The van der Waals surface area contributed by atoms with E-state index in [2.05, 4.69) is 22.9 Å². The Morgan fingerprint density at radius 2 is 1.95 bits per heavy atom. The van der Waals surface area contributed by atoms with Gasteiger partial charge in [0.05, 0.1) is 11.9 Å². The van der Waals surface area contributed by atoms with Crippen molar-refractivity contribution in [2.45, 2.75) is 39.0 Å². The van der Waals surface area contributed by atoms with Crippen molar-refractivity contribution in [3.63, 3.8) is 0 Å². The van der Waals surface area contributed by atoms with E-state index in [4.69, 9.17) is 0 Å². The van der Waals surface area contributed by atoms with Gasteiger partial charge < -0.3 is 9.80 Å². The fourth-order valence-electron chi connectivity index (χ4n) is 3.38. The Bertz CT molecular complexity index is 479. The van der Waals surface area contributed by atoms with Gasteiger partial charge >= 0.3 is 0 Å².